The molecular formula is C10H10NO2. The van der Waals surface area contributed by atoms with E-state index >= 15 is 0 Å². The monoisotopic (exact) mass is 176 g/mol. The highest BCUT2D eigenvalue weighted by Gasteiger charge is 2.03. The minimum absolute atomic E-state index is 0.311. The van der Waals surface area contributed by atoms with Gasteiger partial charge in [-0.05, 0) is 19.1 Å². The van der Waals surface area contributed by atoms with Crippen LogP contribution in [0.2, 0.25) is 0 Å². The van der Waals surface area contributed by atoms with Crippen molar-refractivity contribution in [2.45, 2.75) is 0 Å². The van der Waals surface area contributed by atoms with E-state index in [2.05, 4.69) is 6.92 Å². The predicted molar refractivity (Wildman–Crippen MR) is 48.6 cm³/mol. The molecule has 0 saturated heterocycles. The average molecular weight is 176 g/mol. The van der Waals surface area contributed by atoms with E-state index in [0.29, 0.717) is 23.7 Å². The van der Waals surface area contributed by atoms with Gasteiger partial charge in [-0.25, -0.2) is 0 Å². The largest absolute Gasteiger partial charge is 0.493 e. The summed E-state index contributed by atoms with van der Waals surface area (Å²) in [6.07, 6.45) is 0. The normalized spacial score (nSPS) is 9.00. The molecule has 0 aliphatic carbocycles. The number of nitrogens with zero attached hydrogens (tertiary/aromatic N) is 1. The first-order valence-electron chi connectivity index (χ1n) is 3.82. The van der Waals surface area contributed by atoms with E-state index in [0.717, 1.165) is 0 Å². The number of nitriles is 1. The van der Waals surface area contributed by atoms with Gasteiger partial charge in [-0.3, -0.25) is 0 Å². The lowest BCUT2D eigenvalue weighted by Gasteiger charge is -2.08. The van der Waals surface area contributed by atoms with Crippen molar-refractivity contribution >= 4 is 0 Å². The molecule has 0 fully saturated rings. The van der Waals surface area contributed by atoms with E-state index in [1.807, 2.05) is 6.07 Å². The molecule has 1 radical (unpaired) electrons. The van der Waals surface area contributed by atoms with Crippen LogP contribution >= 0.6 is 0 Å². The average Bonchev–Trinajstić information content (AvgIpc) is 2.18. The first kappa shape index (κ1) is 9.40. The molecule has 0 heterocycles. The summed E-state index contributed by atoms with van der Waals surface area (Å²) in [5.74, 6) is 1.17. The Balaban J connectivity index is 3.04. The Morgan fingerprint density at radius 2 is 2.23 bits per heavy atom. The van der Waals surface area contributed by atoms with Crippen LogP contribution in [-0.2, 0) is 0 Å². The van der Waals surface area contributed by atoms with Crippen LogP contribution in [0.4, 0.5) is 0 Å². The van der Waals surface area contributed by atoms with Crippen LogP contribution in [0.15, 0.2) is 18.2 Å². The Bertz CT molecular complexity index is 328. The van der Waals surface area contributed by atoms with Gasteiger partial charge in [-0.1, -0.05) is 0 Å². The Morgan fingerprint density at radius 1 is 1.46 bits per heavy atom. The molecule has 0 bridgehead atoms. The molecule has 0 N–H and O–H groups in total. The molecule has 13 heavy (non-hydrogen) atoms. The van der Waals surface area contributed by atoms with Gasteiger partial charge in [0.05, 0.1) is 25.3 Å². The van der Waals surface area contributed by atoms with Gasteiger partial charge in [0.1, 0.15) is 0 Å². The zero-order valence-corrected chi connectivity index (χ0v) is 7.41. The summed E-state index contributed by atoms with van der Waals surface area (Å²) in [6.45, 7) is 3.86. The molecule has 1 aromatic carbocycles. The summed E-state index contributed by atoms with van der Waals surface area (Å²) in [5.41, 5.74) is 0.546. The van der Waals surface area contributed by atoms with E-state index in [-0.39, 0.29) is 0 Å². The van der Waals surface area contributed by atoms with Gasteiger partial charge in [-0.15, -0.1) is 0 Å². The highest BCUT2D eigenvalue weighted by Crippen LogP contribution is 2.27. The van der Waals surface area contributed by atoms with Crippen molar-refractivity contribution < 1.29 is 9.47 Å². The molecule has 0 aromatic heterocycles. The quantitative estimate of drug-likeness (QED) is 0.705. The van der Waals surface area contributed by atoms with Gasteiger partial charge in [-0.2, -0.15) is 5.26 Å². The molecule has 3 heteroatoms. The molecule has 0 amide bonds. The summed E-state index contributed by atoms with van der Waals surface area (Å²) in [4.78, 5) is 0. The maximum absolute atomic E-state index is 8.63. The lowest BCUT2D eigenvalue weighted by molar-refractivity contribution is 0.325. The van der Waals surface area contributed by atoms with Crippen LogP contribution < -0.4 is 9.47 Å². The van der Waals surface area contributed by atoms with E-state index in [9.17, 15) is 0 Å². The van der Waals surface area contributed by atoms with Gasteiger partial charge < -0.3 is 9.47 Å². The van der Waals surface area contributed by atoms with Crippen LogP contribution in [0, 0.1) is 18.3 Å². The molecule has 0 aliphatic heterocycles. The second kappa shape index (κ2) is 4.36. The molecule has 0 saturated carbocycles. The van der Waals surface area contributed by atoms with Crippen LogP contribution in [0.5, 0.6) is 11.5 Å². The standard InChI is InChI=1S/C10H10NO2/c1-3-13-10-6-8(7-11)4-5-9(10)12-2/h4-6H,1,3H2,2H3. The van der Waals surface area contributed by atoms with Crippen molar-refractivity contribution in [1.82, 2.24) is 0 Å². The summed E-state index contributed by atoms with van der Waals surface area (Å²) >= 11 is 0. The third kappa shape index (κ3) is 2.12. The van der Waals surface area contributed by atoms with Crippen LogP contribution in [0.25, 0.3) is 0 Å². The topological polar surface area (TPSA) is 42.2 Å². The first-order chi connectivity index (χ1) is 6.31. The fourth-order valence-electron chi connectivity index (χ4n) is 0.969. The minimum atomic E-state index is 0.311. The van der Waals surface area contributed by atoms with Gasteiger partial charge >= 0.3 is 0 Å². The Morgan fingerprint density at radius 3 is 2.77 bits per heavy atom. The van der Waals surface area contributed by atoms with Crippen LogP contribution in [0.3, 0.4) is 0 Å². The summed E-state index contributed by atoms with van der Waals surface area (Å²) in [5, 5.41) is 8.63. The van der Waals surface area contributed by atoms with Gasteiger partial charge in [0.25, 0.3) is 0 Å². The van der Waals surface area contributed by atoms with Crippen molar-refractivity contribution in [1.29, 1.82) is 5.26 Å². The number of hydrogen-bond acceptors (Lipinski definition) is 3. The highest BCUT2D eigenvalue weighted by molar-refractivity contribution is 5.46. The zero-order valence-electron chi connectivity index (χ0n) is 7.41. The van der Waals surface area contributed by atoms with Gasteiger partial charge in [0, 0.05) is 6.07 Å². The Kier molecular flexibility index (Phi) is 3.15. The van der Waals surface area contributed by atoms with Crippen molar-refractivity contribution in [2.75, 3.05) is 13.7 Å². The number of methoxy groups -OCH3 is 1. The summed E-state index contributed by atoms with van der Waals surface area (Å²) < 4.78 is 10.2. The lowest BCUT2D eigenvalue weighted by Crippen LogP contribution is -1.95. The minimum Gasteiger partial charge on any atom is -0.493 e. The maximum atomic E-state index is 8.63. The maximum Gasteiger partial charge on any atom is 0.162 e. The first-order valence-corrected chi connectivity index (χ1v) is 3.82. The number of rotatable bonds is 3. The van der Waals surface area contributed by atoms with E-state index in [1.165, 1.54) is 0 Å². The van der Waals surface area contributed by atoms with Gasteiger partial charge in [0.2, 0.25) is 0 Å². The predicted octanol–water partition coefficient (Wildman–Crippen LogP) is 1.78. The summed E-state index contributed by atoms with van der Waals surface area (Å²) in [7, 11) is 1.55. The van der Waals surface area contributed by atoms with E-state index < -0.39 is 0 Å². The third-order valence-corrected chi connectivity index (χ3v) is 1.55. The number of hydrogen-bond donors (Lipinski definition) is 0. The van der Waals surface area contributed by atoms with E-state index in [4.69, 9.17) is 14.7 Å². The SMILES string of the molecule is [CH2]COc1cc(C#N)ccc1OC. The fraction of sp³-hybridized carbons (Fsp3) is 0.200. The van der Waals surface area contributed by atoms with Gasteiger partial charge in [0.15, 0.2) is 11.5 Å². The van der Waals surface area contributed by atoms with Crippen LogP contribution in [-0.4, -0.2) is 13.7 Å². The third-order valence-electron chi connectivity index (χ3n) is 1.55. The Labute approximate surface area is 77.5 Å². The molecular weight excluding hydrogens is 166 g/mol. The molecule has 0 aliphatic rings. The summed E-state index contributed by atoms with van der Waals surface area (Å²) in [6, 6.07) is 7.02. The molecule has 1 aromatic rings. The molecule has 0 atom stereocenters. The zero-order chi connectivity index (χ0) is 9.68. The molecule has 3 nitrogen and oxygen atoms in total. The smallest absolute Gasteiger partial charge is 0.162 e. The second-order valence-electron chi connectivity index (χ2n) is 2.33. The number of benzene rings is 1. The van der Waals surface area contributed by atoms with E-state index in [1.54, 1.807) is 25.3 Å². The van der Waals surface area contributed by atoms with Crippen LogP contribution in [0.1, 0.15) is 5.56 Å². The van der Waals surface area contributed by atoms with Crippen molar-refractivity contribution in [2.24, 2.45) is 0 Å². The lowest BCUT2D eigenvalue weighted by atomic mass is 10.2. The molecule has 67 valence electrons. The van der Waals surface area contributed by atoms with Crippen molar-refractivity contribution in [3.63, 3.8) is 0 Å². The van der Waals surface area contributed by atoms with Crippen molar-refractivity contribution in [3.05, 3.63) is 30.7 Å². The number of ether oxygens (including phenoxy) is 2. The molecule has 1 rings (SSSR count). The van der Waals surface area contributed by atoms with Crippen molar-refractivity contribution in [3.8, 4) is 17.6 Å². The highest BCUT2D eigenvalue weighted by atomic mass is 16.5. The molecule has 0 unspecified atom stereocenters. The fourth-order valence-corrected chi connectivity index (χ4v) is 0.969. The Hall–Kier alpha value is -1.69. The molecule has 0 spiro atoms. The second-order valence-corrected chi connectivity index (χ2v) is 2.33.